The fourth-order valence-corrected chi connectivity index (χ4v) is 3.96. The Morgan fingerprint density at radius 1 is 1.20 bits per heavy atom. The highest BCUT2D eigenvalue weighted by Gasteiger charge is 2.17. The predicted octanol–water partition coefficient (Wildman–Crippen LogP) is 4.35. The quantitative estimate of drug-likeness (QED) is 0.803. The van der Waals surface area contributed by atoms with E-state index in [9.17, 15) is 4.79 Å². The number of fused-ring (bicyclic) bond motifs is 2. The lowest BCUT2D eigenvalue weighted by molar-refractivity contribution is 0.0951. The Kier molecular flexibility index (Phi) is 5.61. The summed E-state index contributed by atoms with van der Waals surface area (Å²) in [4.78, 5) is 21.4. The average Bonchev–Trinajstić information content (AvgIpc) is 2.70. The van der Waals surface area contributed by atoms with E-state index in [0.29, 0.717) is 12.1 Å². The molecule has 1 aliphatic heterocycles. The molecule has 4 nitrogen and oxygen atoms in total. The molecule has 6 heteroatoms. The second-order valence-corrected chi connectivity index (χ2v) is 8.18. The highest BCUT2D eigenvalue weighted by Crippen LogP contribution is 2.41. The molecule has 3 rings (SSSR count). The van der Waals surface area contributed by atoms with Gasteiger partial charge in [-0.25, -0.2) is 0 Å². The van der Waals surface area contributed by atoms with E-state index in [4.69, 9.17) is 4.99 Å². The van der Waals surface area contributed by atoms with Crippen LogP contribution in [0.1, 0.15) is 22.8 Å². The first-order valence-corrected chi connectivity index (χ1v) is 9.65. The van der Waals surface area contributed by atoms with Crippen LogP contribution in [-0.4, -0.2) is 43.7 Å². The summed E-state index contributed by atoms with van der Waals surface area (Å²) in [5.41, 5.74) is 3.55. The third kappa shape index (κ3) is 4.32. The number of likely N-dealkylation sites (N-methyl/N-ethyl adjacent to an activating group) is 1. The highest BCUT2D eigenvalue weighted by atomic mass is 79.9. The van der Waals surface area contributed by atoms with Gasteiger partial charge in [-0.2, -0.15) is 0 Å². The number of hydrogen-bond donors (Lipinski definition) is 1. The average molecular weight is 418 g/mol. The molecule has 0 fully saturated rings. The van der Waals surface area contributed by atoms with Crippen molar-refractivity contribution in [3.63, 3.8) is 0 Å². The zero-order valence-corrected chi connectivity index (χ0v) is 16.9. The molecule has 0 aliphatic carbocycles. The normalized spacial score (nSPS) is 12.9. The third-order valence-corrected chi connectivity index (χ3v) is 5.54. The van der Waals surface area contributed by atoms with Gasteiger partial charge >= 0.3 is 0 Å². The molecule has 0 aromatic heterocycles. The van der Waals surface area contributed by atoms with E-state index >= 15 is 0 Å². The minimum atomic E-state index is -0.0630. The number of carbonyl (C=O) groups is 1. The number of aliphatic imine (C=N–C) groups is 1. The molecule has 1 aliphatic rings. The van der Waals surface area contributed by atoms with Crippen LogP contribution in [0.4, 0.5) is 5.69 Å². The molecule has 0 unspecified atom stereocenters. The molecule has 0 saturated carbocycles. The van der Waals surface area contributed by atoms with Gasteiger partial charge in [-0.1, -0.05) is 27.7 Å². The lowest BCUT2D eigenvalue weighted by Gasteiger charge is -2.11. The maximum Gasteiger partial charge on any atom is 0.251 e. The second kappa shape index (κ2) is 7.72. The standard InChI is InChI=1S/C19H20BrN3OS/c1-12-15-11-14(20)5-7-17(15)25-18-6-4-13(10-16(18)22-12)19(24)21-8-9-23(2)3/h4-7,10-11H,8-9H2,1-3H3,(H,21,24). The van der Waals surface area contributed by atoms with E-state index in [1.807, 2.05) is 50.2 Å². The molecular weight excluding hydrogens is 398 g/mol. The first-order chi connectivity index (χ1) is 11.9. The smallest absolute Gasteiger partial charge is 0.251 e. The molecular formula is C19H20BrN3OS. The molecule has 1 heterocycles. The van der Waals surface area contributed by atoms with Crippen molar-refractivity contribution >= 4 is 45.0 Å². The number of nitrogens with one attached hydrogen (secondary N) is 1. The van der Waals surface area contributed by atoms with Crippen molar-refractivity contribution < 1.29 is 4.79 Å². The molecule has 2 aromatic carbocycles. The molecule has 2 aromatic rings. The van der Waals surface area contributed by atoms with Gasteiger partial charge in [0, 0.05) is 44.2 Å². The van der Waals surface area contributed by atoms with Crippen molar-refractivity contribution in [2.24, 2.45) is 4.99 Å². The van der Waals surface area contributed by atoms with Crippen LogP contribution in [-0.2, 0) is 0 Å². The fraction of sp³-hybridized carbons (Fsp3) is 0.263. The van der Waals surface area contributed by atoms with Crippen LogP contribution in [0.5, 0.6) is 0 Å². The topological polar surface area (TPSA) is 44.7 Å². The number of amides is 1. The molecule has 25 heavy (non-hydrogen) atoms. The Morgan fingerprint density at radius 2 is 1.96 bits per heavy atom. The Labute approximate surface area is 160 Å². The summed E-state index contributed by atoms with van der Waals surface area (Å²) >= 11 is 5.21. The summed E-state index contributed by atoms with van der Waals surface area (Å²) in [5.74, 6) is -0.0630. The Balaban J connectivity index is 1.87. The zero-order chi connectivity index (χ0) is 18.0. The van der Waals surface area contributed by atoms with E-state index < -0.39 is 0 Å². The molecule has 1 N–H and O–H groups in total. The molecule has 0 bridgehead atoms. The van der Waals surface area contributed by atoms with Gasteiger partial charge in [0.25, 0.3) is 5.91 Å². The Morgan fingerprint density at radius 3 is 2.72 bits per heavy atom. The molecule has 130 valence electrons. The number of halogens is 1. The maximum absolute atomic E-state index is 12.4. The number of hydrogen-bond acceptors (Lipinski definition) is 4. The third-order valence-electron chi connectivity index (χ3n) is 3.91. The summed E-state index contributed by atoms with van der Waals surface area (Å²) in [7, 11) is 3.97. The van der Waals surface area contributed by atoms with Crippen LogP contribution in [0, 0.1) is 0 Å². The van der Waals surface area contributed by atoms with Crippen molar-refractivity contribution in [1.29, 1.82) is 0 Å². The molecule has 0 spiro atoms. The van der Waals surface area contributed by atoms with E-state index in [1.165, 1.54) is 4.90 Å². The van der Waals surface area contributed by atoms with Crippen LogP contribution < -0.4 is 5.32 Å². The maximum atomic E-state index is 12.4. The minimum absolute atomic E-state index is 0.0630. The largest absolute Gasteiger partial charge is 0.351 e. The second-order valence-electron chi connectivity index (χ2n) is 6.18. The first kappa shape index (κ1) is 18.2. The summed E-state index contributed by atoms with van der Waals surface area (Å²) in [6.07, 6.45) is 0. The molecule has 0 atom stereocenters. The van der Waals surface area contributed by atoms with Crippen LogP contribution >= 0.6 is 27.7 Å². The summed E-state index contributed by atoms with van der Waals surface area (Å²) in [5, 5.41) is 2.95. The SMILES string of the molecule is CC1=Nc2cc(C(=O)NCCN(C)C)ccc2Sc2ccc(Br)cc21. The fourth-order valence-electron chi connectivity index (χ4n) is 2.56. The van der Waals surface area contributed by atoms with Crippen LogP contribution in [0.15, 0.2) is 55.7 Å². The zero-order valence-electron chi connectivity index (χ0n) is 14.5. The van der Waals surface area contributed by atoms with Gasteiger partial charge in [0.1, 0.15) is 0 Å². The van der Waals surface area contributed by atoms with E-state index in [-0.39, 0.29) is 5.91 Å². The van der Waals surface area contributed by atoms with Crippen molar-refractivity contribution in [1.82, 2.24) is 10.2 Å². The van der Waals surface area contributed by atoms with E-state index in [2.05, 4.69) is 33.4 Å². The molecule has 0 radical (unpaired) electrons. The van der Waals surface area contributed by atoms with Gasteiger partial charge in [0.2, 0.25) is 0 Å². The number of benzene rings is 2. The Hall–Kier alpha value is -1.63. The number of carbonyl (C=O) groups excluding carboxylic acids is 1. The molecule has 0 saturated heterocycles. The van der Waals surface area contributed by atoms with Gasteiger partial charge < -0.3 is 10.2 Å². The Bertz CT molecular complexity index is 849. The predicted molar refractivity (Wildman–Crippen MR) is 107 cm³/mol. The first-order valence-electron chi connectivity index (χ1n) is 8.04. The van der Waals surface area contributed by atoms with Crippen molar-refractivity contribution in [3.8, 4) is 0 Å². The minimum Gasteiger partial charge on any atom is -0.351 e. The highest BCUT2D eigenvalue weighted by molar-refractivity contribution is 9.10. The summed E-state index contributed by atoms with van der Waals surface area (Å²) < 4.78 is 1.04. The van der Waals surface area contributed by atoms with Gasteiger partial charge in [0.05, 0.1) is 5.69 Å². The van der Waals surface area contributed by atoms with Crippen molar-refractivity contribution in [3.05, 3.63) is 52.0 Å². The van der Waals surface area contributed by atoms with E-state index in [1.54, 1.807) is 11.8 Å². The van der Waals surface area contributed by atoms with E-state index in [0.717, 1.165) is 32.9 Å². The van der Waals surface area contributed by atoms with Crippen LogP contribution in [0.25, 0.3) is 0 Å². The van der Waals surface area contributed by atoms with Gasteiger partial charge in [-0.15, -0.1) is 0 Å². The van der Waals surface area contributed by atoms with Gasteiger partial charge in [0.15, 0.2) is 0 Å². The van der Waals surface area contributed by atoms with Crippen molar-refractivity contribution in [2.45, 2.75) is 16.7 Å². The van der Waals surface area contributed by atoms with Crippen LogP contribution in [0.2, 0.25) is 0 Å². The van der Waals surface area contributed by atoms with Gasteiger partial charge in [-0.3, -0.25) is 9.79 Å². The summed E-state index contributed by atoms with van der Waals surface area (Å²) in [6, 6.07) is 11.9. The summed E-state index contributed by atoms with van der Waals surface area (Å²) in [6.45, 7) is 3.44. The van der Waals surface area contributed by atoms with Gasteiger partial charge in [-0.05, 0) is 57.4 Å². The monoisotopic (exact) mass is 417 g/mol. The lowest BCUT2D eigenvalue weighted by atomic mass is 10.1. The van der Waals surface area contributed by atoms with Crippen molar-refractivity contribution in [2.75, 3.05) is 27.2 Å². The lowest BCUT2D eigenvalue weighted by Crippen LogP contribution is -2.31. The molecule has 1 amide bonds. The number of nitrogens with zero attached hydrogens (tertiary/aromatic N) is 2. The van der Waals surface area contributed by atoms with Crippen LogP contribution in [0.3, 0.4) is 0 Å². The number of rotatable bonds is 4.